The van der Waals surface area contributed by atoms with Gasteiger partial charge in [0.25, 0.3) is 0 Å². The van der Waals surface area contributed by atoms with Crippen molar-refractivity contribution in [2.45, 2.75) is 58.7 Å². The Balaban J connectivity index is 2.82. The lowest BCUT2D eigenvalue weighted by Crippen LogP contribution is -2.12. The molecule has 0 fully saturated rings. The van der Waals surface area contributed by atoms with Crippen molar-refractivity contribution >= 4 is 0 Å². The fourth-order valence-corrected chi connectivity index (χ4v) is 2.52. The number of aliphatic hydroxyl groups excluding tert-OH is 3. The van der Waals surface area contributed by atoms with Crippen molar-refractivity contribution in [2.75, 3.05) is 6.61 Å². The van der Waals surface area contributed by atoms with E-state index in [1.165, 1.54) is 0 Å². The lowest BCUT2D eigenvalue weighted by Gasteiger charge is -2.12. The van der Waals surface area contributed by atoms with Gasteiger partial charge in [-0.3, -0.25) is 0 Å². The summed E-state index contributed by atoms with van der Waals surface area (Å²) in [5, 5.41) is 38.5. The highest BCUT2D eigenvalue weighted by Crippen LogP contribution is 2.27. The average molecular weight is 320 g/mol. The fraction of sp³-hybridized carbons (Fsp3) is 0.526. The van der Waals surface area contributed by atoms with E-state index in [0.29, 0.717) is 12.8 Å². The molecule has 4 N–H and O–H groups in total. The molecule has 4 nitrogen and oxygen atoms in total. The largest absolute Gasteiger partial charge is 0.507 e. The second-order valence-electron chi connectivity index (χ2n) is 6.00. The summed E-state index contributed by atoms with van der Waals surface area (Å²) in [6, 6.07) is 3.57. The third kappa shape index (κ3) is 6.20. The van der Waals surface area contributed by atoms with Crippen molar-refractivity contribution in [3.8, 4) is 5.75 Å². The summed E-state index contributed by atoms with van der Waals surface area (Å²) in [6.45, 7) is 5.40. The Bertz CT molecular complexity index is 548. The predicted molar refractivity (Wildman–Crippen MR) is 91.4 cm³/mol. The number of hydrogen-bond acceptors (Lipinski definition) is 4. The summed E-state index contributed by atoms with van der Waals surface area (Å²) in [5.41, 5.74) is 6.34. The molecule has 0 aliphatic heterocycles. The molecule has 0 saturated heterocycles. The first-order valence-corrected chi connectivity index (χ1v) is 8.09. The number of aromatic hydroxyl groups is 1. The van der Waals surface area contributed by atoms with Crippen LogP contribution in [-0.2, 0) is 0 Å². The minimum Gasteiger partial charge on any atom is -0.507 e. The van der Waals surface area contributed by atoms with Crippen LogP contribution >= 0.6 is 0 Å². The Labute approximate surface area is 138 Å². The normalized spacial score (nSPS) is 13.3. The van der Waals surface area contributed by atoms with Crippen molar-refractivity contribution in [1.82, 2.24) is 0 Å². The SMILES string of the molecule is CCCC(=C=CC[C@@H](O)c1cc(C)c(O)c(C)c1)C[C@@H](O)CO. The highest BCUT2D eigenvalue weighted by molar-refractivity contribution is 5.42. The summed E-state index contributed by atoms with van der Waals surface area (Å²) in [4.78, 5) is 0. The number of phenolic OH excluding ortho intramolecular Hbond substituents is 1. The summed E-state index contributed by atoms with van der Waals surface area (Å²) in [7, 11) is 0. The van der Waals surface area contributed by atoms with Gasteiger partial charge in [-0.15, -0.1) is 5.73 Å². The molecule has 0 unspecified atom stereocenters. The van der Waals surface area contributed by atoms with Gasteiger partial charge < -0.3 is 20.4 Å². The van der Waals surface area contributed by atoms with E-state index in [2.05, 4.69) is 5.73 Å². The Kier molecular flexibility index (Phi) is 8.07. The van der Waals surface area contributed by atoms with Crippen LogP contribution in [0.1, 0.15) is 55.4 Å². The van der Waals surface area contributed by atoms with Gasteiger partial charge in [0.2, 0.25) is 0 Å². The number of aliphatic hydroxyl groups is 3. The highest BCUT2D eigenvalue weighted by Gasteiger charge is 2.10. The van der Waals surface area contributed by atoms with Gasteiger partial charge in [0.05, 0.1) is 18.8 Å². The van der Waals surface area contributed by atoms with Crippen LogP contribution in [0.5, 0.6) is 5.75 Å². The molecule has 1 rings (SSSR count). The van der Waals surface area contributed by atoms with Crippen molar-refractivity contribution in [3.05, 3.63) is 46.2 Å². The van der Waals surface area contributed by atoms with Gasteiger partial charge in [-0.1, -0.05) is 13.3 Å². The summed E-state index contributed by atoms with van der Waals surface area (Å²) in [5.74, 6) is 0.264. The standard InChI is InChI=1S/C19H28O4/c1-4-6-15(11-17(21)12-20)7-5-8-18(22)16-9-13(2)19(23)14(3)10-16/h5,9-10,17-18,20-23H,4,6,8,11-12H2,1-3H3/t7?,17-,18-/m1/s1. The van der Waals surface area contributed by atoms with Crippen LogP contribution in [0, 0.1) is 13.8 Å². The predicted octanol–water partition coefficient (Wildman–Crippen LogP) is 3.06. The third-order valence-electron chi connectivity index (χ3n) is 3.79. The third-order valence-corrected chi connectivity index (χ3v) is 3.79. The van der Waals surface area contributed by atoms with Gasteiger partial charge in [0, 0.05) is 12.8 Å². The van der Waals surface area contributed by atoms with Crippen LogP contribution in [0.15, 0.2) is 29.5 Å². The van der Waals surface area contributed by atoms with Gasteiger partial charge in [-0.05, 0) is 60.7 Å². The smallest absolute Gasteiger partial charge is 0.121 e. The van der Waals surface area contributed by atoms with Crippen molar-refractivity contribution in [2.24, 2.45) is 0 Å². The molecule has 2 atom stereocenters. The lowest BCUT2D eigenvalue weighted by atomic mass is 9.99. The van der Waals surface area contributed by atoms with Crippen LogP contribution in [0.3, 0.4) is 0 Å². The van der Waals surface area contributed by atoms with E-state index in [1.807, 2.05) is 20.8 Å². The van der Waals surface area contributed by atoms with E-state index in [-0.39, 0.29) is 12.4 Å². The Morgan fingerprint density at radius 1 is 1.22 bits per heavy atom. The zero-order chi connectivity index (χ0) is 17.4. The van der Waals surface area contributed by atoms with Gasteiger partial charge in [-0.25, -0.2) is 0 Å². The number of aryl methyl sites for hydroxylation is 2. The number of benzene rings is 1. The minimum absolute atomic E-state index is 0.260. The number of hydrogen-bond donors (Lipinski definition) is 4. The van der Waals surface area contributed by atoms with Crippen molar-refractivity contribution < 1.29 is 20.4 Å². The maximum Gasteiger partial charge on any atom is 0.121 e. The monoisotopic (exact) mass is 320 g/mol. The van der Waals surface area contributed by atoms with E-state index in [1.54, 1.807) is 18.2 Å². The topological polar surface area (TPSA) is 80.9 Å². The molecule has 0 bridgehead atoms. The Morgan fingerprint density at radius 2 is 1.83 bits per heavy atom. The summed E-state index contributed by atoms with van der Waals surface area (Å²) < 4.78 is 0. The van der Waals surface area contributed by atoms with Gasteiger partial charge in [-0.2, -0.15) is 0 Å². The molecule has 0 amide bonds. The molecule has 0 saturated carbocycles. The maximum absolute atomic E-state index is 10.3. The van der Waals surface area contributed by atoms with Crippen LogP contribution in [-0.4, -0.2) is 33.1 Å². The van der Waals surface area contributed by atoms with Gasteiger partial charge in [0.1, 0.15) is 5.75 Å². The number of phenols is 1. The van der Waals surface area contributed by atoms with Crippen LogP contribution < -0.4 is 0 Å². The number of rotatable bonds is 8. The zero-order valence-electron chi connectivity index (χ0n) is 14.2. The molecule has 0 aromatic heterocycles. The van der Waals surface area contributed by atoms with E-state index < -0.39 is 12.2 Å². The molecule has 0 spiro atoms. The molecule has 128 valence electrons. The quantitative estimate of drug-likeness (QED) is 0.555. The van der Waals surface area contributed by atoms with Crippen molar-refractivity contribution in [3.63, 3.8) is 0 Å². The molecule has 0 aliphatic rings. The van der Waals surface area contributed by atoms with Crippen LogP contribution in [0.2, 0.25) is 0 Å². The molecule has 0 heterocycles. The molecule has 4 heteroatoms. The Hall–Kier alpha value is -1.58. The molecular formula is C19H28O4. The zero-order valence-corrected chi connectivity index (χ0v) is 14.2. The molecule has 23 heavy (non-hydrogen) atoms. The van der Waals surface area contributed by atoms with Gasteiger partial charge in [0.15, 0.2) is 0 Å². The molecule has 0 aliphatic carbocycles. The van der Waals surface area contributed by atoms with Gasteiger partial charge >= 0.3 is 0 Å². The second-order valence-corrected chi connectivity index (χ2v) is 6.00. The van der Waals surface area contributed by atoms with Crippen LogP contribution in [0.4, 0.5) is 0 Å². The Morgan fingerprint density at radius 3 is 2.35 bits per heavy atom. The lowest BCUT2D eigenvalue weighted by molar-refractivity contribution is 0.0948. The second kappa shape index (κ2) is 9.53. The molecule has 1 aromatic carbocycles. The van der Waals surface area contributed by atoms with E-state index in [0.717, 1.165) is 35.1 Å². The average Bonchev–Trinajstić information content (AvgIpc) is 2.51. The first-order chi connectivity index (χ1) is 10.9. The minimum atomic E-state index is -0.759. The summed E-state index contributed by atoms with van der Waals surface area (Å²) in [6.07, 6.45) is 2.90. The van der Waals surface area contributed by atoms with Crippen molar-refractivity contribution in [1.29, 1.82) is 0 Å². The highest BCUT2D eigenvalue weighted by atomic mass is 16.3. The fourth-order valence-electron chi connectivity index (χ4n) is 2.52. The summed E-state index contributed by atoms with van der Waals surface area (Å²) >= 11 is 0. The first kappa shape index (κ1) is 19.5. The first-order valence-electron chi connectivity index (χ1n) is 8.09. The van der Waals surface area contributed by atoms with Crippen LogP contribution in [0.25, 0.3) is 0 Å². The maximum atomic E-state index is 10.3. The molecule has 0 radical (unpaired) electrons. The van der Waals surface area contributed by atoms with E-state index >= 15 is 0 Å². The van der Waals surface area contributed by atoms with E-state index in [4.69, 9.17) is 5.11 Å². The molecule has 1 aromatic rings. The van der Waals surface area contributed by atoms with E-state index in [9.17, 15) is 15.3 Å². The molecular weight excluding hydrogens is 292 g/mol.